The summed E-state index contributed by atoms with van der Waals surface area (Å²) in [6.07, 6.45) is 17.4. The van der Waals surface area contributed by atoms with Gasteiger partial charge in [0.1, 0.15) is 0 Å². The third-order valence-electron chi connectivity index (χ3n) is 9.36. The lowest BCUT2D eigenvalue weighted by molar-refractivity contribution is 1.13. The van der Waals surface area contributed by atoms with E-state index >= 15 is 0 Å². The van der Waals surface area contributed by atoms with Gasteiger partial charge in [-0.2, -0.15) is 0 Å². The van der Waals surface area contributed by atoms with Crippen molar-refractivity contribution in [3.63, 3.8) is 0 Å². The summed E-state index contributed by atoms with van der Waals surface area (Å²) in [7, 11) is 0. The van der Waals surface area contributed by atoms with Crippen LogP contribution in [0.3, 0.4) is 0 Å². The summed E-state index contributed by atoms with van der Waals surface area (Å²) in [5, 5.41) is 4.91. The van der Waals surface area contributed by atoms with E-state index < -0.39 is 0 Å². The van der Waals surface area contributed by atoms with E-state index in [2.05, 4.69) is 160 Å². The summed E-state index contributed by atoms with van der Waals surface area (Å²) in [6.45, 7) is 34.5. The lowest BCUT2D eigenvalue weighted by Crippen LogP contribution is -2.01. The van der Waals surface area contributed by atoms with Crippen LogP contribution in [0.2, 0.25) is 0 Å². The second-order valence-electron chi connectivity index (χ2n) is 13.1. The maximum Gasteiger partial charge on any atom is -0.00608 e. The highest BCUT2D eigenvalue weighted by Crippen LogP contribution is 2.45. The van der Waals surface area contributed by atoms with Gasteiger partial charge in [0.25, 0.3) is 0 Å². The molecule has 0 aliphatic rings. The van der Waals surface area contributed by atoms with Gasteiger partial charge in [0.15, 0.2) is 0 Å². The SMILES string of the molecule is C=C/C=C\C(=C)/C(=C/C(=C(C)C)c1cc2ccccc2c(-c2c(C)c(/C(=C/C(=C)/C(C)=C/C=C\C)C(=C)C)cc3ccccc23)c1C)CC. The molecule has 49 heavy (non-hydrogen) atoms. The monoisotopic (exact) mass is 640 g/mol. The molecule has 0 spiro atoms. The second-order valence-corrected chi connectivity index (χ2v) is 13.1. The molecule has 0 unspecified atom stereocenters. The summed E-state index contributed by atoms with van der Waals surface area (Å²) < 4.78 is 0. The zero-order valence-corrected chi connectivity index (χ0v) is 30.9. The molecule has 0 heteroatoms. The van der Waals surface area contributed by atoms with Gasteiger partial charge in [-0.15, -0.1) is 0 Å². The van der Waals surface area contributed by atoms with Gasteiger partial charge >= 0.3 is 0 Å². The Morgan fingerprint density at radius 2 is 1.27 bits per heavy atom. The first kappa shape index (κ1) is 36.6. The van der Waals surface area contributed by atoms with E-state index in [9.17, 15) is 0 Å². The minimum Gasteiger partial charge on any atom is -0.0991 e. The summed E-state index contributed by atoms with van der Waals surface area (Å²) >= 11 is 0. The van der Waals surface area contributed by atoms with Crippen molar-refractivity contribution >= 4 is 32.7 Å². The molecule has 248 valence electrons. The number of fused-ring (bicyclic) bond motifs is 2. The lowest BCUT2D eigenvalue weighted by Gasteiger charge is -2.23. The predicted octanol–water partition coefficient (Wildman–Crippen LogP) is 14.7. The molecule has 0 radical (unpaired) electrons. The third-order valence-corrected chi connectivity index (χ3v) is 9.36. The molecule has 0 heterocycles. The molecule has 0 saturated heterocycles. The Labute approximate surface area is 296 Å². The highest BCUT2D eigenvalue weighted by Gasteiger charge is 2.21. The molecular formula is C49H52. The Morgan fingerprint density at radius 3 is 1.78 bits per heavy atom. The number of hydrogen-bond acceptors (Lipinski definition) is 0. The fraction of sp³-hybridized carbons (Fsp3) is 0.184. The van der Waals surface area contributed by atoms with Crippen molar-refractivity contribution in [3.05, 3.63) is 191 Å². The molecule has 0 saturated carbocycles. The Hall–Kier alpha value is -5.20. The topological polar surface area (TPSA) is 0 Å². The van der Waals surface area contributed by atoms with E-state index in [1.807, 2.05) is 25.2 Å². The predicted molar refractivity (Wildman–Crippen MR) is 222 cm³/mol. The van der Waals surface area contributed by atoms with E-state index in [-0.39, 0.29) is 0 Å². The largest absolute Gasteiger partial charge is 0.0991 e. The van der Waals surface area contributed by atoms with E-state index in [1.165, 1.54) is 71.6 Å². The van der Waals surface area contributed by atoms with Crippen LogP contribution in [-0.2, 0) is 0 Å². The molecule has 0 aromatic heterocycles. The van der Waals surface area contributed by atoms with Crippen molar-refractivity contribution in [2.45, 2.75) is 61.8 Å². The van der Waals surface area contributed by atoms with E-state index in [1.54, 1.807) is 6.08 Å². The van der Waals surface area contributed by atoms with Gasteiger partial charge in [0.2, 0.25) is 0 Å². The molecule has 0 nitrogen and oxygen atoms in total. The van der Waals surface area contributed by atoms with Gasteiger partial charge < -0.3 is 0 Å². The Balaban J connectivity index is 2.15. The van der Waals surface area contributed by atoms with Crippen LogP contribution in [0.4, 0.5) is 0 Å². The average molecular weight is 641 g/mol. The van der Waals surface area contributed by atoms with Crippen molar-refractivity contribution in [3.8, 4) is 11.1 Å². The molecule has 4 rings (SSSR count). The van der Waals surface area contributed by atoms with Gasteiger partial charge in [0.05, 0.1) is 0 Å². The minimum atomic E-state index is 0.882. The van der Waals surface area contributed by atoms with Crippen molar-refractivity contribution in [1.82, 2.24) is 0 Å². The van der Waals surface area contributed by atoms with Crippen molar-refractivity contribution in [2.24, 2.45) is 0 Å². The molecular weight excluding hydrogens is 589 g/mol. The molecule has 0 fully saturated rings. The first-order valence-electron chi connectivity index (χ1n) is 17.2. The quantitative estimate of drug-likeness (QED) is 0.135. The van der Waals surface area contributed by atoms with Gasteiger partial charge in [-0.05, 0) is 161 Å². The summed E-state index contributed by atoms with van der Waals surface area (Å²) in [5.41, 5.74) is 16.4. The zero-order chi connectivity index (χ0) is 35.8. The van der Waals surface area contributed by atoms with Gasteiger partial charge in [0, 0.05) is 0 Å². The molecule has 0 aliphatic carbocycles. The highest BCUT2D eigenvalue weighted by atomic mass is 14.2. The highest BCUT2D eigenvalue weighted by molar-refractivity contribution is 6.11. The maximum atomic E-state index is 4.45. The van der Waals surface area contributed by atoms with Crippen molar-refractivity contribution < 1.29 is 0 Å². The molecule has 0 atom stereocenters. The lowest BCUT2D eigenvalue weighted by atomic mass is 9.80. The van der Waals surface area contributed by atoms with E-state index in [4.69, 9.17) is 0 Å². The number of rotatable bonds is 12. The Morgan fingerprint density at radius 1 is 0.714 bits per heavy atom. The normalized spacial score (nSPS) is 12.7. The van der Waals surface area contributed by atoms with Gasteiger partial charge in [-0.25, -0.2) is 0 Å². The fourth-order valence-electron chi connectivity index (χ4n) is 6.55. The minimum absolute atomic E-state index is 0.882. The number of benzene rings is 4. The summed E-state index contributed by atoms with van der Waals surface area (Å²) in [5.74, 6) is 0. The molecule has 0 amide bonds. The van der Waals surface area contributed by atoms with Crippen LogP contribution in [-0.4, -0.2) is 0 Å². The second kappa shape index (κ2) is 16.3. The molecule has 4 aromatic rings. The maximum absolute atomic E-state index is 4.45. The van der Waals surface area contributed by atoms with Crippen LogP contribution in [0, 0.1) is 13.8 Å². The molecule has 0 aliphatic heterocycles. The van der Waals surface area contributed by atoms with Crippen LogP contribution in [0.15, 0.2) is 169 Å². The number of allylic oxidation sites excluding steroid dienone is 16. The third kappa shape index (κ3) is 7.93. The van der Waals surface area contributed by atoms with Crippen LogP contribution in [0.5, 0.6) is 0 Å². The zero-order valence-electron chi connectivity index (χ0n) is 30.9. The standard InChI is InChI=1S/C49H52/c1-13-16-22-34(8)36(10)28-44(32(4)5)46-30-40-24-18-20-26-42(40)48(37(46)11)49-38(12)47(31-41-25-19-21-27-43(41)49)45(33(6)7)29-39(15-3)35(9)23-17-14-2/h13-14,16-31H,2,4,9-10,15H2,1,3,5-8,11-12H3/b16-13-,23-17-,34-22+,39-29+,44-28+. The first-order chi connectivity index (χ1) is 23.4. The molecule has 0 bridgehead atoms. The van der Waals surface area contributed by atoms with Crippen molar-refractivity contribution in [2.75, 3.05) is 0 Å². The Kier molecular flexibility index (Phi) is 12.2. The molecule has 0 N–H and O–H groups in total. The smallest absolute Gasteiger partial charge is 0.00608 e. The summed E-state index contributed by atoms with van der Waals surface area (Å²) in [6, 6.07) is 22.3. The average Bonchev–Trinajstić information content (AvgIpc) is 3.09. The van der Waals surface area contributed by atoms with Crippen molar-refractivity contribution in [1.29, 1.82) is 0 Å². The van der Waals surface area contributed by atoms with Gasteiger partial charge in [-0.1, -0.05) is 135 Å². The van der Waals surface area contributed by atoms with Crippen LogP contribution in [0.1, 0.15) is 70.2 Å². The van der Waals surface area contributed by atoms with Crippen LogP contribution < -0.4 is 0 Å². The van der Waals surface area contributed by atoms with E-state index in [0.717, 1.165) is 34.3 Å². The first-order valence-corrected chi connectivity index (χ1v) is 17.2. The van der Waals surface area contributed by atoms with E-state index in [0.29, 0.717) is 0 Å². The van der Waals surface area contributed by atoms with Crippen LogP contribution in [0.25, 0.3) is 43.8 Å². The van der Waals surface area contributed by atoms with Crippen LogP contribution >= 0.6 is 0 Å². The molecule has 4 aromatic carbocycles. The Bertz CT molecular complexity index is 2150. The fourth-order valence-corrected chi connectivity index (χ4v) is 6.55. The summed E-state index contributed by atoms with van der Waals surface area (Å²) in [4.78, 5) is 0. The van der Waals surface area contributed by atoms with Gasteiger partial charge in [-0.3, -0.25) is 0 Å². The number of hydrogen-bond donors (Lipinski definition) is 0.